The summed E-state index contributed by atoms with van der Waals surface area (Å²) in [5.41, 5.74) is 1.39. The zero-order valence-corrected chi connectivity index (χ0v) is 21.5. The number of methoxy groups -OCH3 is 4. The van der Waals surface area contributed by atoms with Crippen LogP contribution in [-0.2, 0) is 16.0 Å². The van der Waals surface area contributed by atoms with Gasteiger partial charge in [0.15, 0.2) is 11.5 Å². The van der Waals surface area contributed by atoms with Gasteiger partial charge >= 0.3 is 0 Å². The van der Waals surface area contributed by atoms with Crippen molar-refractivity contribution in [3.05, 3.63) is 88.7 Å². The zero-order chi connectivity index (χ0) is 27.4. The molecule has 1 heterocycles. The zero-order valence-electron chi connectivity index (χ0n) is 21.5. The Balaban J connectivity index is 1.82. The number of amides is 1. The molecule has 0 radical (unpaired) electrons. The van der Waals surface area contributed by atoms with Gasteiger partial charge in [0.2, 0.25) is 0 Å². The van der Waals surface area contributed by atoms with E-state index >= 15 is 0 Å². The van der Waals surface area contributed by atoms with Crippen LogP contribution in [0.5, 0.6) is 23.0 Å². The molecule has 1 saturated heterocycles. The fourth-order valence-corrected chi connectivity index (χ4v) is 4.54. The molecule has 38 heavy (non-hydrogen) atoms. The predicted molar refractivity (Wildman–Crippen MR) is 138 cm³/mol. The molecule has 3 aromatic rings. The molecule has 8 nitrogen and oxygen atoms in total. The first-order valence-corrected chi connectivity index (χ1v) is 11.8. The van der Waals surface area contributed by atoms with Gasteiger partial charge in [-0.1, -0.05) is 6.07 Å². The van der Waals surface area contributed by atoms with Crippen LogP contribution in [0.1, 0.15) is 22.7 Å². The summed E-state index contributed by atoms with van der Waals surface area (Å²) < 4.78 is 35.2. The molecule has 0 aromatic heterocycles. The normalized spacial score (nSPS) is 16.4. The maximum absolute atomic E-state index is 13.5. The molecule has 0 saturated carbocycles. The number of ketones is 1. The number of Topliss-reactive ketones (excluding diaryl/α,β-unsaturated/α-hetero) is 1. The molecule has 0 spiro atoms. The minimum Gasteiger partial charge on any atom is -0.507 e. The van der Waals surface area contributed by atoms with Crippen molar-refractivity contribution in [2.45, 2.75) is 12.5 Å². The van der Waals surface area contributed by atoms with Crippen LogP contribution >= 0.6 is 0 Å². The lowest BCUT2D eigenvalue weighted by molar-refractivity contribution is -0.139. The summed E-state index contributed by atoms with van der Waals surface area (Å²) in [6.45, 7) is 0.144. The molecular weight excluding hydrogens is 493 g/mol. The van der Waals surface area contributed by atoms with Crippen LogP contribution in [0.15, 0.2) is 66.2 Å². The quantitative estimate of drug-likeness (QED) is 0.251. The number of hydrogen-bond donors (Lipinski definition) is 1. The van der Waals surface area contributed by atoms with Crippen LogP contribution in [0.4, 0.5) is 4.39 Å². The van der Waals surface area contributed by atoms with Crippen molar-refractivity contribution >= 4 is 17.4 Å². The number of aliphatic hydroxyl groups is 1. The summed E-state index contributed by atoms with van der Waals surface area (Å²) in [5.74, 6) is -0.550. The number of benzene rings is 3. The van der Waals surface area contributed by atoms with Crippen LogP contribution in [0.3, 0.4) is 0 Å². The number of aliphatic hydroxyl groups excluding tert-OH is 1. The van der Waals surface area contributed by atoms with Gasteiger partial charge in [0, 0.05) is 17.7 Å². The molecular formula is C29H28FNO7. The third-order valence-electron chi connectivity index (χ3n) is 6.48. The number of halogens is 1. The Morgan fingerprint density at radius 3 is 2.13 bits per heavy atom. The van der Waals surface area contributed by atoms with E-state index < -0.39 is 29.3 Å². The van der Waals surface area contributed by atoms with Gasteiger partial charge in [0.25, 0.3) is 11.7 Å². The van der Waals surface area contributed by atoms with Gasteiger partial charge in [-0.2, -0.15) is 0 Å². The summed E-state index contributed by atoms with van der Waals surface area (Å²) in [7, 11) is 6.05. The Morgan fingerprint density at radius 1 is 0.842 bits per heavy atom. The molecule has 1 amide bonds. The maximum Gasteiger partial charge on any atom is 0.295 e. The number of carbonyl (C=O) groups is 2. The van der Waals surface area contributed by atoms with E-state index in [4.69, 9.17) is 18.9 Å². The van der Waals surface area contributed by atoms with Gasteiger partial charge in [-0.05, 0) is 66.6 Å². The van der Waals surface area contributed by atoms with E-state index in [0.717, 1.165) is 5.56 Å². The molecule has 1 unspecified atom stereocenters. The van der Waals surface area contributed by atoms with Crippen LogP contribution in [0.25, 0.3) is 5.76 Å². The van der Waals surface area contributed by atoms with Crippen molar-refractivity contribution in [2.75, 3.05) is 35.0 Å². The summed E-state index contributed by atoms with van der Waals surface area (Å²) in [4.78, 5) is 28.1. The highest BCUT2D eigenvalue weighted by Crippen LogP contribution is 2.44. The Bertz CT molecular complexity index is 1380. The summed E-state index contributed by atoms with van der Waals surface area (Å²) in [6.07, 6.45) is 0.382. The molecule has 1 N–H and O–H groups in total. The summed E-state index contributed by atoms with van der Waals surface area (Å²) in [5, 5.41) is 11.2. The van der Waals surface area contributed by atoms with Gasteiger partial charge in [-0.15, -0.1) is 0 Å². The minimum absolute atomic E-state index is 0.125. The van der Waals surface area contributed by atoms with Crippen molar-refractivity contribution in [1.29, 1.82) is 0 Å². The van der Waals surface area contributed by atoms with E-state index in [1.807, 2.05) is 6.07 Å². The number of likely N-dealkylation sites (tertiary alicyclic amines) is 1. The first kappa shape index (κ1) is 26.5. The molecule has 4 rings (SSSR count). The monoisotopic (exact) mass is 521 g/mol. The van der Waals surface area contributed by atoms with Gasteiger partial charge in [0.05, 0.1) is 40.1 Å². The smallest absolute Gasteiger partial charge is 0.295 e. The summed E-state index contributed by atoms with van der Waals surface area (Å²) >= 11 is 0. The first-order chi connectivity index (χ1) is 18.3. The fourth-order valence-electron chi connectivity index (χ4n) is 4.54. The topological polar surface area (TPSA) is 94.5 Å². The molecule has 1 atom stereocenters. The third kappa shape index (κ3) is 5.00. The van der Waals surface area contributed by atoms with Crippen LogP contribution in [0, 0.1) is 5.82 Å². The SMILES string of the molecule is COc1ccc(OC)c(C2C(=C(O)c3ccc(F)cc3)C(=O)C(=O)N2CCc2ccc(OC)c(OC)c2)c1. The Labute approximate surface area is 219 Å². The second-order valence-corrected chi connectivity index (χ2v) is 8.55. The van der Waals surface area contributed by atoms with E-state index in [1.54, 1.807) is 37.4 Å². The van der Waals surface area contributed by atoms with Crippen LogP contribution in [-0.4, -0.2) is 56.7 Å². The number of hydrogen-bond acceptors (Lipinski definition) is 7. The van der Waals surface area contributed by atoms with Crippen molar-refractivity contribution in [2.24, 2.45) is 0 Å². The average molecular weight is 522 g/mol. The second kappa shape index (κ2) is 11.2. The lowest BCUT2D eigenvalue weighted by atomic mass is 9.94. The molecule has 9 heteroatoms. The van der Waals surface area contributed by atoms with Crippen molar-refractivity contribution in [1.82, 2.24) is 4.90 Å². The summed E-state index contributed by atoms with van der Waals surface area (Å²) in [6, 6.07) is 14.5. The predicted octanol–water partition coefficient (Wildman–Crippen LogP) is 4.52. The molecule has 198 valence electrons. The largest absolute Gasteiger partial charge is 0.507 e. The van der Waals surface area contributed by atoms with Gasteiger partial charge in [-0.3, -0.25) is 9.59 Å². The number of nitrogens with zero attached hydrogens (tertiary/aromatic N) is 1. The van der Waals surface area contributed by atoms with Gasteiger partial charge in [0.1, 0.15) is 23.1 Å². The highest BCUT2D eigenvalue weighted by Gasteiger charge is 2.47. The van der Waals surface area contributed by atoms with E-state index in [2.05, 4.69) is 0 Å². The highest BCUT2D eigenvalue weighted by molar-refractivity contribution is 6.46. The fraction of sp³-hybridized carbons (Fsp3) is 0.241. The van der Waals surface area contributed by atoms with Gasteiger partial charge < -0.3 is 29.0 Å². The standard InChI is InChI=1S/C29H28FNO7/c1-35-20-10-12-22(36-2)21(16-20)26-25(27(32)18-6-8-19(30)9-7-18)28(33)29(34)31(26)14-13-17-5-11-23(37-3)24(15-17)38-4/h5-12,15-16,26,32H,13-14H2,1-4H3. The van der Waals surface area contributed by atoms with Gasteiger partial charge in [-0.25, -0.2) is 4.39 Å². The maximum atomic E-state index is 13.5. The molecule has 0 aliphatic carbocycles. The van der Waals surface area contributed by atoms with Crippen LogP contribution < -0.4 is 18.9 Å². The van der Waals surface area contributed by atoms with E-state index in [1.165, 1.54) is 50.5 Å². The lowest BCUT2D eigenvalue weighted by Crippen LogP contribution is -2.32. The van der Waals surface area contributed by atoms with Crippen molar-refractivity contribution < 1.29 is 38.0 Å². The molecule has 3 aromatic carbocycles. The third-order valence-corrected chi connectivity index (χ3v) is 6.48. The van der Waals surface area contributed by atoms with E-state index in [0.29, 0.717) is 35.0 Å². The Hall–Kier alpha value is -4.53. The number of ether oxygens (including phenoxy) is 4. The first-order valence-electron chi connectivity index (χ1n) is 11.8. The molecule has 0 bridgehead atoms. The minimum atomic E-state index is -0.981. The highest BCUT2D eigenvalue weighted by atomic mass is 19.1. The van der Waals surface area contributed by atoms with Crippen molar-refractivity contribution in [3.63, 3.8) is 0 Å². The molecule has 1 aliphatic heterocycles. The molecule has 1 fully saturated rings. The lowest BCUT2D eigenvalue weighted by Gasteiger charge is -2.27. The Morgan fingerprint density at radius 2 is 1.50 bits per heavy atom. The number of carbonyl (C=O) groups excluding carboxylic acids is 2. The van der Waals surface area contributed by atoms with Crippen molar-refractivity contribution in [3.8, 4) is 23.0 Å². The van der Waals surface area contributed by atoms with E-state index in [9.17, 15) is 19.1 Å². The molecule has 1 aliphatic rings. The second-order valence-electron chi connectivity index (χ2n) is 8.55. The average Bonchev–Trinajstić information content (AvgIpc) is 3.20. The number of rotatable bonds is 9. The Kier molecular flexibility index (Phi) is 7.85. The van der Waals surface area contributed by atoms with E-state index in [-0.39, 0.29) is 17.7 Å². The van der Waals surface area contributed by atoms with Crippen LogP contribution in [0.2, 0.25) is 0 Å².